The second-order valence-corrected chi connectivity index (χ2v) is 4.08. The summed E-state index contributed by atoms with van der Waals surface area (Å²) in [6, 6.07) is 8.35. The molecule has 1 aromatic carbocycles. The van der Waals surface area contributed by atoms with Crippen LogP contribution in [0.3, 0.4) is 0 Å². The molecule has 0 radical (unpaired) electrons. The number of nitrogens with one attached hydrogen (secondary N) is 1. The van der Waals surface area contributed by atoms with Gasteiger partial charge in [0, 0.05) is 5.56 Å². The summed E-state index contributed by atoms with van der Waals surface area (Å²) in [5.74, 6) is 1.04. The number of furan rings is 1. The van der Waals surface area contributed by atoms with Crippen LogP contribution in [0.25, 0.3) is 11.3 Å². The predicted molar refractivity (Wildman–Crippen MR) is 66.5 cm³/mol. The van der Waals surface area contributed by atoms with Crippen LogP contribution < -0.4 is 5.32 Å². The zero-order valence-electron chi connectivity index (χ0n) is 9.47. The summed E-state index contributed by atoms with van der Waals surface area (Å²) in [4.78, 5) is 0. The van der Waals surface area contributed by atoms with Gasteiger partial charge in [-0.1, -0.05) is 18.5 Å². The van der Waals surface area contributed by atoms with E-state index in [1.165, 1.54) is 12.1 Å². The van der Waals surface area contributed by atoms with Crippen LogP contribution in [0.1, 0.15) is 12.7 Å². The van der Waals surface area contributed by atoms with Gasteiger partial charge in [-0.05, 0) is 36.9 Å². The van der Waals surface area contributed by atoms with E-state index in [9.17, 15) is 4.39 Å². The number of hydrogen-bond donors (Lipinski definition) is 1. The summed E-state index contributed by atoms with van der Waals surface area (Å²) >= 11 is 5.63. The molecule has 4 heteroatoms. The summed E-state index contributed by atoms with van der Waals surface area (Å²) in [5, 5.41) is 3.28. The standard InChI is InChI=1S/C13H13ClFNO/c1-2-16-8-10-4-6-13(17-10)9-3-5-11(14)12(15)7-9/h3-7,16H,2,8H2,1H3. The molecule has 0 spiro atoms. The number of halogens is 2. The van der Waals surface area contributed by atoms with Gasteiger partial charge in [-0.3, -0.25) is 0 Å². The molecule has 2 nitrogen and oxygen atoms in total. The van der Waals surface area contributed by atoms with Crippen molar-refractivity contribution in [3.05, 3.63) is 46.9 Å². The van der Waals surface area contributed by atoms with Crippen LogP contribution in [0.15, 0.2) is 34.7 Å². The molecular weight excluding hydrogens is 241 g/mol. The molecule has 90 valence electrons. The van der Waals surface area contributed by atoms with Crippen molar-refractivity contribution in [3.63, 3.8) is 0 Å². The molecule has 0 aliphatic rings. The predicted octanol–water partition coefficient (Wildman–Crippen LogP) is 3.85. The normalized spacial score (nSPS) is 10.8. The second-order valence-electron chi connectivity index (χ2n) is 3.68. The highest BCUT2D eigenvalue weighted by Crippen LogP contribution is 2.25. The molecule has 17 heavy (non-hydrogen) atoms. The molecule has 0 saturated heterocycles. The molecule has 0 bridgehead atoms. The SMILES string of the molecule is CCNCc1ccc(-c2ccc(Cl)c(F)c2)o1. The minimum absolute atomic E-state index is 0.119. The summed E-state index contributed by atoms with van der Waals surface area (Å²) in [5.41, 5.74) is 0.689. The minimum Gasteiger partial charge on any atom is -0.460 e. The highest BCUT2D eigenvalue weighted by molar-refractivity contribution is 6.30. The van der Waals surface area contributed by atoms with E-state index in [2.05, 4.69) is 5.32 Å². The van der Waals surface area contributed by atoms with Crippen LogP contribution in [0.2, 0.25) is 5.02 Å². The van der Waals surface area contributed by atoms with E-state index in [0.717, 1.165) is 12.3 Å². The van der Waals surface area contributed by atoms with Crippen molar-refractivity contribution >= 4 is 11.6 Å². The third-order valence-electron chi connectivity index (χ3n) is 2.42. The van der Waals surface area contributed by atoms with Crippen molar-refractivity contribution in [1.82, 2.24) is 5.32 Å². The van der Waals surface area contributed by atoms with Gasteiger partial charge < -0.3 is 9.73 Å². The van der Waals surface area contributed by atoms with Gasteiger partial charge in [0.1, 0.15) is 17.3 Å². The van der Waals surface area contributed by atoms with Crippen LogP contribution in [0.4, 0.5) is 4.39 Å². The smallest absolute Gasteiger partial charge is 0.142 e. The molecule has 0 amide bonds. The largest absolute Gasteiger partial charge is 0.460 e. The fourth-order valence-corrected chi connectivity index (χ4v) is 1.64. The topological polar surface area (TPSA) is 25.2 Å². The first-order valence-electron chi connectivity index (χ1n) is 5.45. The van der Waals surface area contributed by atoms with Crippen LogP contribution >= 0.6 is 11.6 Å². The quantitative estimate of drug-likeness (QED) is 0.895. The molecule has 0 atom stereocenters. The monoisotopic (exact) mass is 253 g/mol. The average molecular weight is 254 g/mol. The van der Waals surface area contributed by atoms with Crippen molar-refractivity contribution < 1.29 is 8.81 Å². The van der Waals surface area contributed by atoms with Crippen LogP contribution in [0, 0.1) is 5.82 Å². The van der Waals surface area contributed by atoms with Gasteiger partial charge in [0.05, 0.1) is 11.6 Å². The third-order valence-corrected chi connectivity index (χ3v) is 2.72. The molecule has 1 N–H and O–H groups in total. The first kappa shape index (κ1) is 12.1. The lowest BCUT2D eigenvalue weighted by atomic mass is 10.2. The summed E-state index contributed by atoms with van der Waals surface area (Å²) in [7, 11) is 0. The Morgan fingerprint density at radius 1 is 1.29 bits per heavy atom. The van der Waals surface area contributed by atoms with Gasteiger partial charge in [0.2, 0.25) is 0 Å². The van der Waals surface area contributed by atoms with E-state index in [4.69, 9.17) is 16.0 Å². The maximum absolute atomic E-state index is 13.3. The number of hydrogen-bond acceptors (Lipinski definition) is 2. The van der Waals surface area contributed by atoms with Gasteiger partial charge in [-0.2, -0.15) is 0 Å². The Morgan fingerprint density at radius 3 is 2.82 bits per heavy atom. The van der Waals surface area contributed by atoms with E-state index in [1.54, 1.807) is 6.07 Å². The lowest BCUT2D eigenvalue weighted by Crippen LogP contribution is -2.10. The van der Waals surface area contributed by atoms with Crippen LogP contribution in [-0.4, -0.2) is 6.54 Å². The van der Waals surface area contributed by atoms with Crippen molar-refractivity contribution in [3.8, 4) is 11.3 Å². The number of benzene rings is 1. The Labute approximate surface area is 104 Å². The van der Waals surface area contributed by atoms with E-state index in [0.29, 0.717) is 17.9 Å². The van der Waals surface area contributed by atoms with Gasteiger partial charge in [0.15, 0.2) is 0 Å². The summed E-state index contributed by atoms with van der Waals surface area (Å²) < 4.78 is 18.9. The molecule has 0 unspecified atom stereocenters. The fourth-order valence-electron chi connectivity index (χ4n) is 1.53. The van der Waals surface area contributed by atoms with E-state index in [-0.39, 0.29) is 5.02 Å². The Kier molecular flexibility index (Phi) is 3.82. The molecule has 2 aromatic rings. The summed E-state index contributed by atoms with van der Waals surface area (Å²) in [6.45, 7) is 3.58. The molecule has 0 aliphatic heterocycles. The third kappa shape index (κ3) is 2.87. The average Bonchev–Trinajstić information content (AvgIpc) is 2.79. The van der Waals surface area contributed by atoms with Crippen LogP contribution in [0.5, 0.6) is 0 Å². The summed E-state index contributed by atoms with van der Waals surface area (Å²) in [6.07, 6.45) is 0. The Bertz CT molecular complexity index is 510. The zero-order valence-corrected chi connectivity index (χ0v) is 10.2. The molecule has 0 aliphatic carbocycles. The molecule has 0 fully saturated rings. The van der Waals surface area contributed by atoms with Crippen molar-refractivity contribution in [2.24, 2.45) is 0 Å². The maximum Gasteiger partial charge on any atom is 0.142 e. The lowest BCUT2D eigenvalue weighted by molar-refractivity contribution is 0.498. The van der Waals surface area contributed by atoms with Crippen LogP contribution in [-0.2, 0) is 6.54 Å². The number of rotatable bonds is 4. The van der Waals surface area contributed by atoms with Crippen molar-refractivity contribution in [2.75, 3.05) is 6.54 Å². The lowest BCUT2D eigenvalue weighted by Gasteiger charge is -2.00. The Hall–Kier alpha value is -1.32. The highest BCUT2D eigenvalue weighted by atomic mass is 35.5. The van der Waals surface area contributed by atoms with Crippen molar-refractivity contribution in [2.45, 2.75) is 13.5 Å². The van der Waals surface area contributed by atoms with Crippen molar-refractivity contribution in [1.29, 1.82) is 0 Å². The maximum atomic E-state index is 13.3. The first-order chi connectivity index (χ1) is 8.20. The molecule has 1 heterocycles. The first-order valence-corrected chi connectivity index (χ1v) is 5.83. The highest BCUT2D eigenvalue weighted by Gasteiger charge is 2.07. The van der Waals surface area contributed by atoms with E-state index >= 15 is 0 Å². The van der Waals surface area contributed by atoms with Gasteiger partial charge >= 0.3 is 0 Å². The van der Waals surface area contributed by atoms with Gasteiger partial charge in [-0.25, -0.2) is 4.39 Å². The fraction of sp³-hybridized carbons (Fsp3) is 0.231. The molecule has 1 aromatic heterocycles. The van der Waals surface area contributed by atoms with E-state index in [1.807, 2.05) is 19.1 Å². The van der Waals surface area contributed by atoms with E-state index < -0.39 is 5.82 Å². The molecular formula is C13H13ClFNO. The Balaban J connectivity index is 2.21. The zero-order chi connectivity index (χ0) is 12.3. The second kappa shape index (κ2) is 5.34. The van der Waals surface area contributed by atoms with Gasteiger partial charge in [-0.15, -0.1) is 0 Å². The Morgan fingerprint density at radius 2 is 2.12 bits per heavy atom. The molecule has 0 saturated carbocycles. The molecule has 2 rings (SSSR count). The van der Waals surface area contributed by atoms with Gasteiger partial charge in [0.25, 0.3) is 0 Å². The minimum atomic E-state index is -0.436.